The lowest BCUT2D eigenvalue weighted by Gasteiger charge is -2.61. The van der Waals surface area contributed by atoms with Crippen LogP contribution in [-0.4, -0.2) is 69.1 Å². The first-order chi connectivity index (χ1) is 30.1. The Morgan fingerprint density at radius 1 is 0.630 bits per heavy atom. The molecule has 10 aliphatic carbocycles. The third kappa shape index (κ3) is 15.5. The predicted octanol–water partition coefficient (Wildman–Crippen LogP) is 16.1. The van der Waals surface area contributed by atoms with E-state index in [4.69, 9.17) is 24.1 Å². The van der Waals surface area contributed by atoms with E-state index in [0.717, 1.165) is 75.5 Å². The van der Waals surface area contributed by atoms with Crippen molar-refractivity contribution >= 4 is 29.8 Å². The monoisotopic (exact) mass is 1040 g/mol. The summed E-state index contributed by atoms with van der Waals surface area (Å²) in [4.78, 5) is 58.6. The molecule has 11 nitrogen and oxygen atoms in total. The van der Waals surface area contributed by atoms with Crippen molar-refractivity contribution in [2.75, 3.05) is 0 Å². The second kappa shape index (κ2) is 27.1. The van der Waals surface area contributed by atoms with Crippen molar-refractivity contribution in [2.24, 2.45) is 74.9 Å². The third-order valence-electron chi connectivity index (χ3n) is 19.0. The number of hydrogen-bond acceptors (Lipinski definition) is 10. The van der Waals surface area contributed by atoms with E-state index in [0.29, 0.717) is 36.5 Å². The van der Waals surface area contributed by atoms with Gasteiger partial charge in [0.2, 0.25) is 0 Å². The quantitative estimate of drug-likeness (QED) is 0.141. The van der Waals surface area contributed by atoms with Crippen molar-refractivity contribution in [3.63, 3.8) is 0 Å². The minimum atomic E-state index is -0.722. The van der Waals surface area contributed by atoms with Gasteiger partial charge in [0.1, 0.15) is 23.4 Å². The highest BCUT2D eigenvalue weighted by Gasteiger charge is 2.64. The second-order valence-corrected chi connectivity index (χ2v) is 25.5. The number of carboxylic acid groups (broad SMARTS) is 1. The first-order valence-corrected chi connectivity index (χ1v) is 25.9. The fourth-order valence-electron chi connectivity index (χ4n) is 13.8. The molecule has 8 unspecified atom stereocenters. The minimum absolute atomic E-state index is 0. The van der Waals surface area contributed by atoms with Crippen LogP contribution in [0.4, 0.5) is 0 Å². The topological polar surface area (TPSA) is 163 Å². The van der Waals surface area contributed by atoms with Crippen LogP contribution in [0.3, 0.4) is 0 Å². The van der Waals surface area contributed by atoms with Gasteiger partial charge >= 0.3 is 29.8 Å². The summed E-state index contributed by atoms with van der Waals surface area (Å²) in [5.74, 6) is 3.44. The van der Waals surface area contributed by atoms with E-state index in [9.17, 15) is 29.1 Å². The molecular weight excluding hydrogens is 921 g/mol. The smallest absolute Gasteiger partial charge is 0.312 e. The lowest BCUT2D eigenvalue weighted by molar-refractivity contribution is -0.225. The van der Waals surface area contributed by atoms with Crippen LogP contribution in [0.15, 0.2) is 0 Å². The Bertz CT molecular complexity index is 1730. The molecule has 11 heteroatoms. The molecule has 1 heterocycles. The molecule has 434 valence electrons. The maximum atomic E-state index is 12.6. The Balaban J connectivity index is -0.000000895. The largest absolute Gasteiger partial charge is 0.481 e. The highest BCUT2D eigenvalue weighted by atomic mass is 16.6. The number of fused-ring (bicyclic) bond motifs is 1. The van der Waals surface area contributed by atoms with Gasteiger partial charge < -0.3 is 29.2 Å². The molecule has 0 spiro atoms. The van der Waals surface area contributed by atoms with Crippen LogP contribution in [0.1, 0.15) is 265 Å². The van der Waals surface area contributed by atoms with Crippen molar-refractivity contribution in [1.29, 1.82) is 0 Å². The summed E-state index contributed by atoms with van der Waals surface area (Å²) in [6.45, 7) is 25.5. The molecule has 11 rings (SSSR count). The highest BCUT2D eigenvalue weighted by molar-refractivity contribution is 5.78. The Hall–Kier alpha value is -2.69. The number of aliphatic hydroxyl groups is 1. The molecule has 10 bridgehead atoms. The number of carbonyl (C=O) groups excluding carboxylic acids is 4. The summed E-state index contributed by atoms with van der Waals surface area (Å²) < 4.78 is 23.0. The van der Waals surface area contributed by atoms with E-state index in [2.05, 4.69) is 20.8 Å². The van der Waals surface area contributed by atoms with E-state index in [1.54, 1.807) is 13.8 Å². The number of carboxylic acids is 1. The Morgan fingerprint density at radius 2 is 1.07 bits per heavy atom. The van der Waals surface area contributed by atoms with Crippen LogP contribution in [0, 0.1) is 74.9 Å². The number of aliphatic carboxylic acids is 1. The van der Waals surface area contributed by atoms with Crippen LogP contribution >= 0.6 is 0 Å². The SMILES string of the molecule is C.C.C.C.C.C.C.C.CCC(C)(C)C(=O)O.CCC(C)(C)C(=O)OC(C)(C)C12CC3CC(CC(C3)C1)C2.CCC(C)(C)C(=O)OC12CC3CC(CC(O)(C3)C1)C2.CCC(C)C(=O)OC1C2CC3C(=O)OC1C3C2. The summed E-state index contributed by atoms with van der Waals surface area (Å²) in [5, 5.41) is 19.1. The van der Waals surface area contributed by atoms with Crippen molar-refractivity contribution in [1.82, 2.24) is 0 Å². The number of ether oxygens (including phenoxy) is 4. The normalized spacial score (nSPS) is 34.1. The van der Waals surface area contributed by atoms with E-state index >= 15 is 0 Å². The van der Waals surface area contributed by atoms with Gasteiger partial charge in [-0.15, -0.1) is 0 Å². The fourth-order valence-corrected chi connectivity index (χ4v) is 13.8. The van der Waals surface area contributed by atoms with Crippen LogP contribution in [0.25, 0.3) is 0 Å². The number of esters is 4. The molecule has 0 aromatic heterocycles. The zero-order valence-electron chi connectivity index (χ0n) is 42.6. The van der Waals surface area contributed by atoms with Crippen molar-refractivity contribution in [3.8, 4) is 0 Å². The van der Waals surface area contributed by atoms with Gasteiger partial charge in [-0.3, -0.25) is 24.0 Å². The number of rotatable bonds is 12. The van der Waals surface area contributed by atoms with Gasteiger partial charge in [-0.25, -0.2) is 0 Å². The summed E-state index contributed by atoms with van der Waals surface area (Å²) in [5.41, 5.74) is -2.29. The number of carbonyl (C=O) groups is 5. The van der Waals surface area contributed by atoms with Crippen molar-refractivity contribution in [3.05, 3.63) is 0 Å². The molecule has 1 saturated heterocycles. The average Bonchev–Trinajstić information content (AvgIpc) is 3.85. The van der Waals surface area contributed by atoms with Gasteiger partial charge in [0, 0.05) is 23.7 Å². The maximum Gasteiger partial charge on any atom is 0.312 e. The molecule has 0 aromatic carbocycles. The van der Waals surface area contributed by atoms with Crippen LogP contribution in [0.2, 0.25) is 0 Å². The lowest BCUT2D eigenvalue weighted by atomic mass is 9.46. The Labute approximate surface area is 450 Å². The summed E-state index contributed by atoms with van der Waals surface area (Å²) in [6.07, 6.45) is 18.4. The standard InChI is InChI=1S/C19H32O2.C16H26O3.C13H18O4.C6H12O2.8CH4/c1-6-17(2,3)16(20)21-18(4,5)19-10-13-7-14(11-19)9-15(8-13)12-19;1-4-14(2,3)13(17)19-16-8-11-5-12(9-16)7-15(18,6-11)10-16;1-3-6(2)12(14)16-10-7-4-8-9(5-7)13(15)17-11(8)10;1-4-6(2,3)5(7)8;;;;;;;;/h13-15H,6-12H2,1-5H3;11-12,18H,4-10H2,1-3H3;6-11H,3-5H2,1-2H3;4H2,1-3H3,(H,7,8);8*1H4. The Kier molecular flexibility index (Phi) is 27.6. The lowest BCUT2D eigenvalue weighted by Crippen LogP contribution is -2.61. The van der Waals surface area contributed by atoms with E-state index in [1.165, 1.54) is 44.9 Å². The molecule has 0 aromatic rings. The van der Waals surface area contributed by atoms with Crippen LogP contribution in [-0.2, 0) is 42.9 Å². The van der Waals surface area contributed by atoms with Gasteiger partial charge in [-0.1, -0.05) is 94.0 Å². The number of hydrogen-bond donors (Lipinski definition) is 2. The molecule has 0 radical (unpaired) electrons. The molecule has 8 atom stereocenters. The molecule has 1 aliphatic heterocycles. The van der Waals surface area contributed by atoms with E-state index in [-0.39, 0.29) is 129 Å². The van der Waals surface area contributed by atoms with Gasteiger partial charge in [0.25, 0.3) is 0 Å². The van der Waals surface area contributed by atoms with Gasteiger partial charge in [-0.05, 0) is 194 Å². The zero-order valence-corrected chi connectivity index (χ0v) is 42.6. The van der Waals surface area contributed by atoms with Crippen molar-refractivity contribution < 1.29 is 53.1 Å². The second-order valence-electron chi connectivity index (χ2n) is 25.5. The van der Waals surface area contributed by atoms with Gasteiger partial charge in [0.05, 0.1) is 33.7 Å². The molecular formula is C62H120O11. The summed E-state index contributed by atoms with van der Waals surface area (Å²) >= 11 is 0. The first-order valence-electron chi connectivity index (χ1n) is 25.9. The molecule has 10 saturated carbocycles. The first kappa shape index (κ1) is 74.6. The van der Waals surface area contributed by atoms with Crippen molar-refractivity contribution in [2.45, 2.75) is 294 Å². The average molecular weight is 1040 g/mol. The Morgan fingerprint density at radius 3 is 1.47 bits per heavy atom. The third-order valence-corrected chi connectivity index (χ3v) is 19.0. The fraction of sp³-hybridized carbons (Fsp3) is 0.919. The highest BCUT2D eigenvalue weighted by Crippen LogP contribution is 2.65. The predicted molar refractivity (Wildman–Crippen MR) is 302 cm³/mol. The molecule has 73 heavy (non-hydrogen) atoms. The maximum absolute atomic E-state index is 12.6. The zero-order chi connectivity index (χ0) is 48.3. The molecule has 11 aliphatic rings. The van der Waals surface area contributed by atoms with Crippen LogP contribution in [0.5, 0.6) is 0 Å². The molecule has 2 N–H and O–H groups in total. The molecule has 0 amide bonds. The summed E-state index contributed by atoms with van der Waals surface area (Å²) in [7, 11) is 0. The minimum Gasteiger partial charge on any atom is -0.481 e. The van der Waals surface area contributed by atoms with E-state index < -0.39 is 22.4 Å². The molecule has 11 fully saturated rings. The van der Waals surface area contributed by atoms with E-state index in [1.807, 2.05) is 55.4 Å². The van der Waals surface area contributed by atoms with Gasteiger partial charge in [-0.2, -0.15) is 0 Å². The van der Waals surface area contributed by atoms with Crippen LogP contribution < -0.4 is 0 Å². The summed E-state index contributed by atoms with van der Waals surface area (Å²) in [6, 6.07) is 0. The van der Waals surface area contributed by atoms with Gasteiger partial charge in [0.15, 0.2) is 0 Å².